The lowest BCUT2D eigenvalue weighted by Gasteiger charge is -2.07. The summed E-state index contributed by atoms with van der Waals surface area (Å²) in [6, 6.07) is 7.85. The second-order valence-corrected chi connectivity index (χ2v) is 7.15. The van der Waals surface area contributed by atoms with Crippen LogP contribution in [0.25, 0.3) is 10.9 Å². The predicted octanol–water partition coefficient (Wildman–Crippen LogP) is 3.22. The lowest BCUT2D eigenvalue weighted by Crippen LogP contribution is -2.27. The summed E-state index contributed by atoms with van der Waals surface area (Å²) in [4.78, 5) is 15.7. The first-order valence-electron chi connectivity index (χ1n) is 8.69. The first kappa shape index (κ1) is 16.3. The van der Waals surface area contributed by atoms with E-state index in [4.69, 9.17) is 0 Å². The molecule has 25 heavy (non-hydrogen) atoms. The zero-order chi connectivity index (χ0) is 17.2. The number of rotatable bonds is 4. The number of halogens is 1. The van der Waals surface area contributed by atoms with Gasteiger partial charge in [-0.25, -0.2) is 0 Å². The molecule has 130 valence electrons. The summed E-state index contributed by atoms with van der Waals surface area (Å²) in [6.07, 6.45) is 5.29. The molecular weight excluding hydrogens is 382 g/mol. The highest BCUT2D eigenvalue weighted by molar-refractivity contribution is 9.10. The van der Waals surface area contributed by atoms with Crippen molar-refractivity contribution in [2.75, 3.05) is 6.54 Å². The molecule has 0 spiro atoms. The SMILES string of the molecule is O=C(NCCc1nnc2n1CCCCC2)c1[nH]c2ccccc2c1Br. The van der Waals surface area contributed by atoms with Gasteiger partial charge < -0.3 is 14.9 Å². The maximum absolute atomic E-state index is 12.5. The summed E-state index contributed by atoms with van der Waals surface area (Å²) in [5.41, 5.74) is 1.50. The maximum atomic E-state index is 12.5. The third-order valence-corrected chi connectivity index (χ3v) is 5.51. The first-order chi connectivity index (χ1) is 12.2. The Kier molecular flexibility index (Phi) is 4.57. The normalized spacial score (nSPS) is 14.3. The number of carbonyl (C=O) groups excluding carboxylic acids is 1. The lowest BCUT2D eigenvalue weighted by molar-refractivity contribution is 0.0949. The highest BCUT2D eigenvalue weighted by Crippen LogP contribution is 2.27. The van der Waals surface area contributed by atoms with Gasteiger partial charge >= 0.3 is 0 Å². The van der Waals surface area contributed by atoms with Crippen molar-refractivity contribution in [3.8, 4) is 0 Å². The molecule has 1 aliphatic rings. The third-order valence-electron chi connectivity index (χ3n) is 4.69. The second-order valence-electron chi connectivity index (χ2n) is 6.36. The number of fused-ring (bicyclic) bond motifs is 2. The number of para-hydroxylation sites is 1. The van der Waals surface area contributed by atoms with Crippen LogP contribution in [0.1, 0.15) is 41.4 Å². The van der Waals surface area contributed by atoms with E-state index in [1.54, 1.807) is 0 Å². The number of benzene rings is 1. The van der Waals surface area contributed by atoms with Gasteiger partial charge in [0.25, 0.3) is 5.91 Å². The standard InChI is InChI=1S/C18H20BrN5O/c19-16-12-6-3-4-7-13(12)21-17(16)18(25)20-10-9-15-23-22-14-8-2-1-5-11-24(14)15/h3-4,6-7,21H,1-2,5,8-11H2,(H,20,25). The average Bonchev–Trinajstić information content (AvgIpc) is 3.07. The Labute approximate surface area is 154 Å². The van der Waals surface area contributed by atoms with Gasteiger partial charge in [-0.15, -0.1) is 10.2 Å². The lowest BCUT2D eigenvalue weighted by atomic mass is 10.2. The number of nitrogens with one attached hydrogen (secondary N) is 2. The number of aromatic amines is 1. The number of hydrogen-bond donors (Lipinski definition) is 2. The molecule has 0 atom stereocenters. The molecule has 0 unspecified atom stereocenters. The Hall–Kier alpha value is -2.15. The summed E-state index contributed by atoms with van der Waals surface area (Å²) in [5, 5.41) is 12.6. The molecule has 2 N–H and O–H groups in total. The second kappa shape index (κ2) is 7.00. The van der Waals surface area contributed by atoms with Crippen molar-refractivity contribution in [2.45, 2.75) is 38.6 Å². The Morgan fingerprint density at radius 3 is 3.00 bits per heavy atom. The van der Waals surface area contributed by atoms with Gasteiger partial charge in [-0.3, -0.25) is 4.79 Å². The third kappa shape index (κ3) is 3.20. The zero-order valence-corrected chi connectivity index (χ0v) is 15.5. The summed E-state index contributed by atoms with van der Waals surface area (Å²) in [5.74, 6) is 1.93. The molecule has 0 saturated heterocycles. The highest BCUT2D eigenvalue weighted by Gasteiger charge is 2.17. The number of nitrogens with zero attached hydrogens (tertiary/aromatic N) is 3. The average molecular weight is 402 g/mol. The number of hydrogen-bond acceptors (Lipinski definition) is 3. The van der Waals surface area contributed by atoms with Crippen LogP contribution < -0.4 is 5.32 Å². The summed E-state index contributed by atoms with van der Waals surface area (Å²) >= 11 is 3.52. The van der Waals surface area contributed by atoms with E-state index >= 15 is 0 Å². The number of aromatic nitrogens is 4. The van der Waals surface area contributed by atoms with E-state index < -0.39 is 0 Å². The van der Waals surface area contributed by atoms with Gasteiger partial charge in [-0.2, -0.15) is 0 Å². The highest BCUT2D eigenvalue weighted by atomic mass is 79.9. The van der Waals surface area contributed by atoms with Crippen LogP contribution in [0.3, 0.4) is 0 Å². The molecule has 0 radical (unpaired) electrons. The maximum Gasteiger partial charge on any atom is 0.268 e. The van der Waals surface area contributed by atoms with Gasteiger partial charge in [0.1, 0.15) is 17.3 Å². The summed E-state index contributed by atoms with van der Waals surface area (Å²) in [7, 11) is 0. The van der Waals surface area contributed by atoms with Crippen LogP contribution in [-0.2, 0) is 19.4 Å². The van der Waals surface area contributed by atoms with E-state index in [0.717, 1.165) is 40.0 Å². The van der Waals surface area contributed by atoms with Gasteiger partial charge in [-0.1, -0.05) is 24.6 Å². The van der Waals surface area contributed by atoms with E-state index in [1.807, 2.05) is 24.3 Å². The van der Waals surface area contributed by atoms with Gasteiger partial charge in [-0.05, 0) is 34.8 Å². The molecule has 0 saturated carbocycles. The van der Waals surface area contributed by atoms with Crippen molar-refractivity contribution in [2.24, 2.45) is 0 Å². The molecule has 0 aliphatic carbocycles. The monoisotopic (exact) mass is 401 g/mol. The van der Waals surface area contributed by atoms with Crippen LogP contribution in [0.5, 0.6) is 0 Å². The van der Waals surface area contributed by atoms with Crippen LogP contribution in [-0.4, -0.2) is 32.2 Å². The predicted molar refractivity (Wildman–Crippen MR) is 99.6 cm³/mol. The smallest absolute Gasteiger partial charge is 0.268 e. The minimum absolute atomic E-state index is 0.112. The van der Waals surface area contributed by atoms with Gasteiger partial charge in [0.2, 0.25) is 0 Å². The number of amides is 1. The first-order valence-corrected chi connectivity index (χ1v) is 9.48. The number of H-pyrrole nitrogens is 1. The fraction of sp³-hybridized carbons (Fsp3) is 0.389. The van der Waals surface area contributed by atoms with Crippen molar-refractivity contribution in [3.05, 3.63) is 46.1 Å². The van der Waals surface area contributed by atoms with E-state index in [1.165, 1.54) is 19.3 Å². The van der Waals surface area contributed by atoms with E-state index in [0.29, 0.717) is 18.7 Å². The molecule has 0 bridgehead atoms. The Balaban J connectivity index is 1.42. The van der Waals surface area contributed by atoms with E-state index in [2.05, 4.69) is 41.0 Å². The van der Waals surface area contributed by atoms with Crippen LogP contribution in [0.2, 0.25) is 0 Å². The molecule has 2 aromatic heterocycles. The molecule has 7 heteroatoms. The quantitative estimate of drug-likeness (QED) is 0.704. The van der Waals surface area contributed by atoms with Crippen molar-refractivity contribution in [1.82, 2.24) is 25.1 Å². The van der Waals surface area contributed by atoms with Crippen LogP contribution in [0, 0.1) is 0 Å². The van der Waals surface area contributed by atoms with Crippen LogP contribution in [0.15, 0.2) is 28.7 Å². The fourth-order valence-corrected chi connectivity index (χ4v) is 4.00. The van der Waals surface area contributed by atoms with E-state index in [-0.39, 0.29) is 5.91 Å². The van der Waals surface area contributed by atoms with Crippen molar-refractivity contribution in [1.29, 1.82) is 0 Å². The van der Waals surface area contributed by atoms with Crippen molar-refractivity contribution < 1.29 is 4.79 Å². The van der Waals surface area contributed by atoms with Crippen molar-refractivity contribution >= 4 is 32.7 Å². The Morgan fingerprint density at radius 2 is 2.12 bits per heavy atom. The molecular formula is C18H20BrN5O. The zero-order valence-electron chi connectivity index (χ0n) is 13.9. The Morgan fingerprint density at radius 1 is 1.24 bits per heavy atom. The number of carbonyl (C=O) groups is 1. The van der Waals surface area contributed by atoms with Gasteiger partial charge in [0.15, 0.2) is 0 Å². The minimum Gasteiger partial charge on any atom is -0.350 e. The molecule has 6 nitrogen and oxygen atoms in total. The molecule has 3 aromatic rings. The van der Waals surface area contributed by atoms with Gasteiger partial charge in [0.05, 0.1) is 4.47 Å². The molecule has 4 rings (SSSR count). The molecule has 1 aromatic carbocycles. The largest absolute Gasteiger partial charge is 0.350 e. The molecule has 1 aliphatic heterocycles. The van der Waals surface area contributed by atoms with Crippen molar-refractivity contribution in [3.63, 3.8) is 0 Å². The molecule has 3 heterocycles. The fourth-order valence-electron chi connectivity index (χ4n) is 3.37. The Bertz CT molecular complexity index is 913. The molecule has 1 amide bonds. The van der Waals surface area contributed by atoms with Crippen LogP contribution in [0.4, 0.5) is 0 Å². The van der Waals surface area contributed by atoms with Gasteiger partial charge in [0, 0.05) is 36.8 Å². The summed E-state index contributed by atoms with van der Waals surface area (Å²) in [6.45, 7) is 1.53. The number of aryl methyl sites for hydroxylation is 1. The summed E-state index contributed by atoms with van der Waals surface area (Å²) < 4.78 is 3.02. The minimum atomic E-state index is -0.112. The van der Waals surface area contributed by atoms with E-state index in [9.17, 15) is 4.79 Å². The topological polar surface area (TPSA) is 75.6 Å². The molecule has 0 fully saturated rings. The van der Waals surface area contributed by atoms with Crippen LogP contribution >= 0.6 is 15.9 Å².